The van der Waals surface area contributed by atoms with E-state index in [9.17, 15) is 20.4 Å². The van der Waals surface area contributed by atoms with Crippen LogP contribution in [0.15, 0.2) is 18.2 Å². The van der Waals surface area contributed by atoms with Crippen LogP contribution in [0.3, 0.4) is 0 Å². The fourth-order valence-electron chi connectivity index (χ4n) is 2.56. The van der Waals surface area contributed by atoms with E-state index >= 15 is 0 Å². The van der Waals surface area contributed by atoms with Crippen LogP contribution in [0.5, 0.6) is 11.5 Å². The molecule has 0 bridgehead atoms. The first kappa shape index (κ1) is 35.0. The minimum absolute atomic E-state index is 0. The van der Waals surface area contributed by atoms with Crippen molar-refractivity contribution in [3.05, 3.63) is 23.8 Å². The first-order chi connectivity index (χ1) is 10.5. The molecule has 5 atom stereocenters. The van der Waals surface area contributed by atoms with Gasteiger partial charge >= 0.3 is 0 Å². The van der Waals surface area contributed by atoms with Crippen molar-refractivity contribution in [1.29, 1.82) is 0 Å². The summed E-state index contributed by atoms with van der Waals surface area (Å²) in [6.07, 6.45) is -5.37. The summed E-state index contributed by atoms with van der Waals surface area (Å²) in [7, 11) is 3.07. The number of benzene rings is 1. The van der Waals surface area contributed by atoms with Crippen molar-refractivity contribution >= 4 is 0 Å². The molecule has 0 spiro atoms. The van der Waals surface area contributed by atoms with Gasteiger partial charge in [0.15, 0.2) is 0 Å². The van der Waals surface area contributed by atoms with E-state index in [1.54, 1.807) is 18.2 Å². The Morgan fingerprint density at radius 2 is 1.27 bits per heavy atom. The number of hydrogen-bond donors (Lipinski definition) is 4. The number of aliphatic hydroxyl groups excluding tert-OH is 4. The fraction of sp³-hybridized carbons (Fsp3) is 0.600. The largest absolute Gasteiger partial charge is 0.497 e. The van der Waals surface area contributed by atoms with Gasteiger partial charge in [-0.05, 0) is 17.7 Å². The zero-order chi connectivity index (χ0) is 16.3. The average Bonchev–Trinajstić information content (AvgIpc) is 2.54. The molecule has 26 heavy (non-hydrogen) atoms. The Hall–Kier alpha value is 4.39. The van der Waals surface area contributed by atoms with E-state index in [0.717, 1.165) is 5.56 Å². The molecule has 1 aromatic carbocycles. The third kappa shape index (κ3) is 9.89. The maximum atomic E-state index is 10.1. The van der Waals surface area contributed by atoms with Gasteiger partial charge in [0.2, 0.25) is 0 Å². The summed E-state index contributed by atoms with van der Waals surface area (Å²) in [4.78, 5) is 0. The SMILES string of the molecule is COc1cc(CC2OC(CO)C(O)C(O)C2O)cc(OC)c1.[Ac].[Ac].[Ac].[Ac]. The third-order valence-electron chi connectivity index (χ3n) is 3.84. The minimum Gasteiger partial charge on any atom is -0.497 e. The smallest absolute Gasteiger partial charge is 0.122 e. The molecular formula is C15H22Ac4O7. The van der Waals surface area contributed by atoms with Gasteiger partial charge in [0.25, 0.3) is 0 Å². The fourth-order valence-corrected chi connectivity index (χ4v) is 2.56. The second-order valence-corrected chi connectivity index (χ2v) is 5.29. The predicted octanol–water partition coefficient (Wildman–Crippen LogP) is -0.911. The molecule has 1 saturated heterocycles. The van der Waals surface area contributed by atoms with Crippen molar-refractivity contribution in [2.75, 3.05) is 20.8 Å². The molecule has 1 heterocycles. The topological polar surface area (TPSA) is 109 Å². The molecule has 2 rings (SSSR count). The van der Waals surface area contributed by atoms with Gasteiger partial charge in [-0.2, -0.15) is 0 Å². The van der Waals surface area contributed by atoms with Crippen molar-refractivity contribution in [2.45, 2.75) is 36.9 Å². The maximum Gasteiger partial charge on any atom is 0.122 e. The van der Waals surface area contributed by atoms with E-state index < -0.39 is 37.1 Å². The molecule has 4 N–H and O–H groups in total. The number of rotatable bonds is 5. The average molecular weight is 1220 g/mol. The molecule has 7 nitrogen and oxygen atoms in total. The number of methoxy groups -OCH3 is 2. The Balaban J connectivity index is -0.00000132. The molecule has 0 aromatic heterocycles. The molecular weight excluding hydrogens is 1200 g/mol. The van der Waals surface area contributed by atoms with E-state index in [2.05, 4.69) is 0 Å². The van der Waals surface area contributed by atoms with E-state index in [4.69, 9.17) is 14.2 Å². The molecule has 0 aliphatic carbocycles. The van der Waals surface area contributed by atoms with Crippen LogP contribution >= 0.6 is 0 Å². The summed E-state index contributed by atoms with van der Waals surface area (Å²) < 4.78 is 15.9. The minimum atomic E-state index is -1.37. The zero-order valence-corrected chi connectivity index (χ0v) is 33.8. The summed E-state index contributed by atoms with van der Waals surface area (Å²) in [6.45, 7) is -0.442. The van der Waals surface area contributed by atoms with Crippen LogP contribution in [-0.2, 0) is 11.2 Å². The van der Waals surface area contributed by atoms with Crippen molar-refractivity contribution < 1.29 is 211 Å². The van der Waals surface area contributed by atoms with Gasteiger partial charge in [-0.3, -0.25) is 0 Å². The van der Waals surface area contributed by atoms with Gasteiger partial charge in [-0.15, -0.1) is 0 Å². The summed E-state index contributed by atoms with van der Waals surface area (Å²) in [5.74, 6) is 1.19. The molecule has 136 valence electrons. The van der Waals surface area contributed by atoms with Crippen molar-refractivity contribution in [3.63, 3.8) is 0 Å². The van der Waals surface area contributed by atoms with E-state index in [1.165, 1.54) is 14.2 Å². The molecule has 1 fully saturated rings. The normalized spacial score (nSPS) is 26.9. The molecule has 1 aliphatic rings. The zero-order valence-electron chi connectivity index (χ0n) is 14.9. The summed E-state index contributed by atoms with van der Waals surface area (Å²) >= 11 is 0. The van der Waals surface area contributed by atoms with Crippen molar-refractivity contribution in [3.8, 4) is 11.5 Å². The second kappa shape index (κ2) is 17.9. The number of hydrogen-bond acceptors (Lipinski definition) is 7. The van der Waals surface area contributed by atoms with E-state index in [-0.39, 0.29) is 183 Å². The Kier molecular flexibility index (Phi) is 24.1. The monoisotopic (exact) mass is 1220 g/mol. The maximum absolute atomic E-state index is 10.1. The quantitative estimate of drug-likeness (QED) is 0.303. The molecule has 1 aliphatic heterocycles. The second-order valence-electron chi connectivity index (χ2n) is 5.29. The first-order valence-electron chi connectivity index (χ1n) is 7.02. The molecule has 0 saturated carbocycles. The standard InChI is InChI=1S/C15H22O7.4Ac/c1-20-9-3-8(4-10(6-9)21-2)5-11-13(17)15(19)14(18)12(7-16)22-11;;;;/h3-4,6,11-19H,5,7H2,1-2H3;;;;. The third-order valence-corrected chi connectivity index (χ3v) is 3.84. The predicted molar refractivity (Wildman–Crippen MR) is 77.0 cm³/mol. The molecule has 11 heteroatoms. The Bertz CT molecular complexity index is 485. The Labute approximate surface area is 296 Å². The Morgan fingerprint density at radius 1 is 0.808 bits per heavy atom. The van der Waals surface area contributed by atoms with Gasteiger partial charge < -0.3 is 34.6 Å². The van der Waals surface area contributed by atoms with Crippen molar-refractivity contribution in [2.24, 2.45) is 0 Å². The molecule has 1 aromatic rings. The van der Waals surface area contributed by atoms with Gasteiger partial charge in [-0.25, -0.2) is 0 Å². The van der Waals surface area contributed by atoms with Crippen LogP contribution in [0.25, 0.3) is 0 Å². The number of aliphatic hydroxyl groups is 4. The molecule has 0 amide bonds. The van der Waals surface area contributed by atoms with Crippen LogP contribution in [0.2, 0.25) is 0 Å². The van der Waals surface area contributed by atoms with Crippen LogP contribution in [0.1, 0.15) is 5.56 Å². The van der Waals surface area contributed by atoms with E-state index in [1.807, 2.05) is 0 Å². The first-order valence-corrected chi connectivity index (χ1v) is 7.02. The van der Waals surface area contributed by atoms with Crippen LogP contribution in [0.4, 0.5) is 0 Å². The number of ether oxygens (including phenoxy) is 3. The summed E-state index contributed by atoms with van der Waals surface area (Å²) in [5, 5.41) is 38.8. The summed E-state index contributed by atoms with van der Waals surface area (Å²) in [5.41, 5.74) is 0.778. The van der Waals surface area contributed by atoms with Crippen LogP contribution < -0.4 is 9.47 Å². The van der Waals surface area contributed by atoms with Crippen LogP contribution in [-0.4, -0.2) is 71.8 Å². The van der Waals surface area contributed by atoms with Crippen LogP contribution in [0, 0.1) is 176 Å². The Morgan fingerprint density at radius 3 is 1.69 bits per heavy atom. The van der Waals surface area contributed by atoms with Gasteiger partial charge in [0.1, 0.15) is 35.9 Å². The summed E-state index contributed by atoms with van der Waals surface area (Å²) in [6, 6.07) is 5.25. The molecule has 5 unspecified atom stereocenters. The van der Waals surface area contributed by atoms with Gasteiger partial charge in [-0.1, -0.05) is 0 Å². The van der Waals surface area contributed by atoms with Gasteiger partial charge in [0.05, 0.1) is 26.9 Å². The van der Waals surface area contributed by atoms with Gasteiger partial charge in [0, 0.05) is 189 Å². The molecule has 4 radical (unpaired) electrons. The van der Waals surface area contributed by atoms with Crippen molar-refractivity contribution in [1.82, 2.24) is 0 Å². The van der Waals surface area contributed by atoms with E-state index in [0.29, 0.717) is 11.5 Å².